The smallest absolute Gasteiger partial charge is 0.426 e. The molecule has 78 valence electrons. The third-order valence-corrected chi connectivity index (χ3v) is 2.51. The van der Waals surface area contributed by atoms with Crippen molar-refractivity contribution < 1.29 is 10.0 Å². The summed E-state index contributed by atoms with van der Waals surface area (Å²) in [6.45, 7) is 0. The lowest BCUT2D eigenvalue weighted by Gasteiger charge is -2.08. The lowest BCUT2D eigenvalue weighted by atomic mass is 9.77. The van der Waals surface area contributed by atoms with E-state index in [0.29, 0.717) is 6.42 Å². The molecule has 4 nitrogen and oxygen atoms in total. The largest absolute Gasteiger partial charge is 0.469 e. The average molecular weight is 204 g/mol. The number of para-hydroxylation sites is 1. The number of hydrogen-bond donors (Lipinski definition) is 4. The van der Waals surface area contributed by atoms with Crippen LogP contribution in [0.15, 0.2) is 30.5 Å². The summed E-state index contributed by atoms with van der Waals surface area (Å²) >= 11 is 0. The monoisotopic (exact) mass is 204 g/mol. The highest BCUT2D eigenvalue weighted by Gasteiger charge is 2.20. The molecule has 2 aromatic rings. The predicted octanol–water partition coefficient (Wildman–Crippen LogP) is 0.0497. The van der Waals surface area contributed by atoms with Crippen molar-refractivity contribution in [2.75, 3.05) is 0 Å². The van der Waals surface area contributed by atoms with Crippen molar-refractivity contribution in [1.29, 1.82) is 0 Å². The van der Waals surface area contributed by atoms with Gasteiger partial charge in [-0.2, -0.15) is 0 Å². The number of H-pyrrole nitrogens is 1. The Balaban J connectivity index is 2.29. The molecule has 2 rings (SSSR count). The Kier molecular flexibility index (Phi) is 2.77. The van der Waals surface area contributed by atoms with E-state index in [1.54, 1.807) is 0 Å². The molecule has 0 saturated heterocycles. The molecule has 0 bridgehead atoms. The van der Waals surface area contributed by atoms with Gasteiger partial charge in [-0.25, -0.2) is 0 Å². The van der Waals surface area contributed by atoms with Crippen molar-refractivity contribution in [3.63, 3.8) is 0 Å². The fourth-order valence-electron chi connectivity index (χ4n) is 1.66. The molecule has 5 heteroatoms. The van der Waals surface area contributed by atoms with Crippen molar-refractivity contribution in [1.82, 2.24) is 4.98 Å². The Morgan fingerprint density at radius 2 is 2.07 bits per heavy atom. The summed E-state index contributed by atoms with van der Waals surface area (Å²) in [5.74, 6) is -0.649. The molecule has 1 heterocycles. The van der Waals surface area contributed by atoms with Crippen molar-refractivity contribution in [2.24, 2.45) is 5.73 Å². The van der Waals surface area contributed by atoms with Crippen LogP contribution in [0.5, 0.6) is 0 Å². The van der Waals surface area contributed by atoms with Crippen LogP contribution >= 0.6 is 0 Å². The molecule has 0 aliphatic rings. The first-order valence-corrected chi connectivity index (χ1v) is 4.85. The summed E-state index contributed by atoms with van der Waals surface area (Å²) in [4.78, 5) is 3.11. The first kappa shape index (κ1) is 10.2. The quantitative estimate of drug-likeness (QED) is 0.533. The van der Waals surface area contributed by atoms with E-state index in [1.165, 1.54) is 0 Å². The number of aromatic amines is 1. The van der Waals surface area contributed by atoms with Gasteiger partial charge in [0.15, 0.2) is 0 Å². The number of hydrogen-bond acceptors (Lipinski definition) is 3. The Bertz CT molecular complexity index is 455. The van der Waals surface area contributed by atoms with Gasteiger partial charge in [0.2, 0.25) is 0 Å². The van der Waals surface area contributed by atoms with E-state index in [9.17, 15) is 0 Å². The van der Waals surface area contributed by atoms with Crippen LogP contribution in [0.4, 0.5) is 0 Å². The molecule has 0 radical (unpaired) electrons. The first-order valence-electron chi connectivity index (χ1n) is 4.85. The molecule has 0 aliphatic heterocycles. The van der Waals surface area contributed by atoms with Gasteiger partial charge in [-0.15, -0.1) is 0 Å². The molecule has 0 saturated carbocycles. The minimum absolute atomic E-state index is 0.446. The fraction of sp³-hybridized carbons (Fsp3) is 0.200. The highest BCUT2D eigenvalue weighted by Crippen LogP contribution is 2.18. The average Bonchev–Trinajstić information content (AvgIpc) is 2.62. The molecular weight excluding hydrogens is 191 g/mol. The van der Waals surface area contributed by atoms with Gasteiger partial charge >= 0.3 is 7.12 Å². The van der Waals surface area contributed by atoms with Crippen LogP contribution < -0.4 is 5.73 Å². The molecule has 0 aliphatic carbocycles. The molecule has 0 unspecified atom stereocenters. The van der Waals surface area contributed by atoms with E-state index in [0.717, 1.165) is 16.5 Å². The van der Waals surface area contributed by atoms with Gasteiger partial charge in [0.25, 0.3) is 0 Å². The van der Waals surface area contributed by atoms with Crippen LogP contribution in [0.2, 0.25) is 0 Å². The molecule has 0 spiro atoms. The Labute approximate surface area is 87.9 Å². The molecule has 1 aromatic heterocycles. The van der Waals surface area contributed by atoms with Crippen LogP contribution in [-0.4, -0.2) is 28.1 Å². The van der Waals surface area contributed by atoms with Gasteiger partial charge in [-0.1, -0.05) is 18.2 Å². The fourth-order valence-corrected chi connectivity index (χ4v) is 1.66. The molecular formula is C10H13BN2O2. The van der Waals surface area contributed by atoms with Gasteiger partial charge in [-0.3, -0.25) is 0 Å². The van der Waals surface area contributed by atoms with Crippen LogP contribution in [0, 0.1) is 0 Å². The van der Waals surface area contributed by atoms with Crippen molar-refractivity contribution in [3.8, 4) is 0 Å². The van der Waals surface area contributed by atoms with E-state index in [1.807, 2.05) is 30.5 Å². The van der Waals surface area contributed by atoms with Crippen LogP contribution in [0.3, 0.4) is 0 Å². The van der Waals surface area contributed by atoms with Gasteiger partial charge in [0.1, 0.15) is 0 Å². The molecule has 0 amide bonds. The second kappa shape index (κ2) is 4.06. The van der Waals surface area contributed by atoms with Gasteiger partial charge in [0, 0.05) is 23.0 Å². The maximum atomic E-state index is 8.91. The lowest BCUT2D eigenvalue weighted by molar-refractivity contribution is 0.386. The SMILES string of the molecule is N[C@@H](Cc1c[nH]c2ccccc12)B(O)O. The highest BCUT2D eigenvalue weighted by atomic mass is 16.4. The van der Waals surface area contributed by atoms with Crippen molar-refractivity contribution >= 4 is 18.0 Å². The zero-order valence-electron chi connectivity index (χ0n) is 8.22. The van der Waals surface area contributed by atoms with E-state index in [-0.39, 0.29) is 0 Å². The van der Waals surface area contributed by atoms with Crippen molar-refractivity contribution in [3.05, 3.63) is 36.0 Å². The summed E-state index contributed by atoms with van der Waals surface area (Å²) in [5, 5.41) is 18.9. The summed E-state index contributed by atoms with van der Waals surface area (Å²) in [7, 11) is -1.47. The van der Waals surface area contributed by atoms with Crippen molar-refractivity contribution in [2.45, 2.75) is 12.4 Å². The number of benzene rings is 1. The maximum Gasteiger partial charge on any atom is 0.469 e. The highest BCUT2D eigenvalue weighted by molar-refractivity contribution is 6.43. The number of rotatable bonds is 3. The third-order valence-electron chi connectivity index (χ3n) is 2.51. The van der Waals surface area contributed by atoms with Crippen LogP contribution in [0.1, 0.15) is 5.56 Å². The zero-order chi connectivity index (χ0) is 10.8. The van der Waals surface area contributed by atoms with E-state index >= 15 is 0 Å². The second-order valence-corrected chi connectivity index (χ2v) is 3.64. The van der Waals surface area contributed by atoms with Gasteiger partial charge in [-0.05, 0) is 18.1 Å². The standard InChI is InChI=1S/C10H13BN2O2/c12-10(11(14)15)5-7-6-13-9-4-2-1-3-8(7)9/h1-4,6,10,13-15H,5,12H2/t10-/m0/s1. The Hall–Kier alpha value is -1.30. The third kappa shape index (κ3) is 2.04. The summed E-state index contributed by atoms with van der Waals surface area (Å²) in [5.41, 5.74) is 7.62. The minimum atomic E-state index is -1.47. The number of fused-ring (bicyclic) bond motifs is 1. The molecule has 1 atom stereocenters. The van der Waals surface area contributed by atoms with E-state index < -0.39 is 13.1 Å². The summed E-state index contributed by atoms with van der Waals surface area (Å²) in [6.07, 6.45) is 2.30. The number of nitrogens with one attached hydrogen (secondary N) is 1. The summed E-state index contributed by atoms with van der Waals surface area (Å²) in [6, 6.07) is 7.85. The van der Waals surface area contributed by atoms with Crippen LogP contribution in [-0.2, 0) is 6.42 Å². The maximum absolute atomic E-state index is 8.91. The molecule has 0 fully saturated rings. The molecule has 5 N–H and O–H groups in total. The summed E-state index contributed by atoms with van der Waals surface area (Å²) < 4.78 is 0. The molecule has 1 aromatic carbocycles. The minimum Gasteiger partial charge on any atom is -0.426 e. The van der Waals surface area contributed by atoms with E-state index in [4.69, 9.17) is 15.8 Å². The molecule has 15 heavy (non-hydrogen) atoms. The van der Waals surface area contributed by atoms with Gasteiger partial charge < -0.3 is 20.8 Å². The second-order valence-electron chi connectivity index (χ2n) is 3.64. The normalized spacial score (nSPS) is 13.0. The first-order chi connectivity index (χ1) is 7.18. The van der Waals surface area contributed by atoms with Crippen LogP contribution in [0.25, 0.3) is 10.9 Å². The zero-order valence-corrected chi connectivity index (χ0v) is 8.22. The Morgan fingerprint density at radius 1 is 1.33 bits per heavy atom. The van der Waals surface area contributed by atoms with E-state index in [2.05, 4.69) is 4.98 Å². The van der Waals surface area contributed by atoms with Gasteiger partial charge in [0.05, 0.1) is 0 Å². The number of aromatic nitrogens is 1. The predicted molar refractivity (Wildman–Crippen MR) is 60.2 cm³/mol. The topological polar surface area (TPSA) is 82.3 Å². The lowest BCUT2D eigenvalue weighted by Crippen LogP contribution is -2.40. The Morgan fingerprint density at radius 3 is 2.80 bits per heavy atom. The number of nitrogens with two attached hydrogens (primary N) is 1.